The van der Waals surface area contributed by atoms with Gasteiger partial charge in [0, 0.05) is 24.4 Å². The first-order chi connectivity index (χ1) is 7.31. The van der Waals surface area contributed by atoms with Crippen LogP contribution in [0.4, 0.5) is 0 Å². The van der Waals surface area contributed by atoms with Crippen LogP contribution in [0.3, 0.4) is 0 Å². The van der Waals surface area contributed by atoms with Gasteiger partial charge in [0.15, 0.2) is 0 Å². The molecule has 0 radical (unpaired) electrons. The van der Waals surface area contributed by atoms with Gasteiger partial charge >= 0.3 is 0 Å². The minimum absolute atomic E-state index is 0.429. The molecule has 0 saturated heterocycles. The molecule has 15 heavy (non-hydrogen) atoms. The molecular weight excluding hydrogens is 206 g/mol. The Morgan fingerprint density at radius 2 is 2.47 bits per heavy atom. The fourth-order valence-electron chi connectivity index (χ4n) is 2.56. The standard InChI is InChI=1S/C12H17NOS/c1-2-3-9-4-5-11(14)6-12(9)10-7-13-15-8-10/h7-9,12H,2-6H2,1H3. The van der Waals surface area contributed by atoms with Crippen LogP contribution in [-0.2, 0) is 4.79 Å². The third-order valence-electron chi connectivity index (χ3n) is 3.35. The number of Topliss-reactive ketones (excluding diaryl/α,β-unsaturated/α-hetero) is 1. The van der Waals surface area contributed by atoms with Crippen LogP contribution in [0.2, 0.25) is 0 Å². The molecule has 0 aliphatic heterocycles. The number of hydrogen-bond acceptors (Lipinski definition) is 3. The van der Waals surface area contributed by atoms with Gasteiger partial charge in [-0.3, -0.25) is 4.79 Å². The van der Waals surface area contributed by atoms with Gasteiger partial charge in [-0.15, -0.1) is 0 Å². The molecule has 1 fully saturated rings. The average molecular weight is 223 g/mol. The second-order valence-corrected chi connectivity index (χ2v) is 5.05. The van der Waals surface area contributed by atoms with Crippen LogP contribution < -0.4 is 0 Å². The Balaban J connectivity index is 2.13. The normalized spacial score (nSPS) is 26.9. The van der Waals surface area contributed by atoms with E-state index in [1.165, 1.54) is 29.9 Å². The number of hydrogen-bond donors (Lipinski definition) is 0. The molecule has 0 amide bonds. The molecule has 0 bridgehead atoms. The third kappa shape index (κ3) is 2.46. The highest BCUT2D eigenvalue weighted by Crippen LogP contribution is 2.38. The molecule has 3 heteroatoms. The summed E-state index contributed by atoms with van der Waals surface area (Å²) in [4.78, 5) is 11.5. The zero-order valence-electron chi connectivity index (χ0n) is 9.11. The minimum atomic E-state index is 0.429. The van der Waals surface area contributed by atoms with Crippen molar-refractivity contribution in [1.82, 2.24) is 4.37 Å². The molecule has 1 aromatic rings. The van der Waals surface area contributed by atoms with E-state index in [0.29, 0.717) is 17.6 Å². The molecule has 0 aromatic carbocycles. The van der Waals surface area contributed by atoms with Crippen LogP contribution in [0.5, 0.6) is 0 Å². The fourth-order valence-corrected chi connectivity index (χ4v) is 3.16. The Labute approximate surface area is 94.9 Å². The molecule has 2 unspecified atom stereocenters. The zero-order chi connectivity index (χ0) is 10.7. The van der Waals surface area contributed by atoms with Gasteiger partial charge in [0.1, 0.15) is 5.78 Å². The quantitative estimate of drug-likeness (QED) is 0.786. The van der Waals surface area contributed by atoms with Gasteiger partial charge in [-0.25, -0.2) is 4.37 Å². The largest absolute Gasteiger partial charge is 0.300 e. The SMILES string of the molecule is CCCC1CCC(=O)CC1c1cnsc1. The van der Waals surface area contributed by atoms with Crippen molar-refractivity contribution in [2.45, 2.75) is 44.9 Å². The molecule has 1 aliphatic carbocycles. The Kier molecular flexibility index (Phi) is 3.52. The van der Waals surface area contributed by atoms with Gasteiger partial charge in [0.25, 0.3) is 0 Å². The lowest BCUT2D eigenvalue weighted by molar-refractivity contribution is -0.121. The predicted molar refractivity (Wildman–Crippen MR) is 62.1 cm³/mol. The lowest BCUT2D eigenvalue weighted by atomic mass is 9.74. The van der Waals surface area contributed by atoms with Gasteiger partial charge in [0.05, 0.1) is 0 Å². The summed E-state index contributed by atoms with van der Waals surface area (Å²) in [5.74, 6) is 1.58. The number of aromatic nitrogens is 1. The van der Waals surface area contributed by atoms with E-state index in [-0.39, 0.29) is 0 Å². The summed E-state index contributed by atoms with van der Waals surface area (Å²) in [6.45, 7) is 2.22. The van der Waals surface area contributed by atoms with E-state index in [1.54, 1.807) is 0 Å². The van der Waals surface area contributed by atoms with Gasteiger partial charge < -0.3 is 0 Å². The van der Waals surface area contributed by atoms with Crippen molar-refractivity contribution in [2.75, 3.05) is 0 Å². The third-order valence-corrected chi connectivity index (χ3v) is 3.95. The number of nitrogens with zero attached hydrogens (tertiary/aromatic N) is 1. The summed E-state index contributed by atoms with van der Waals surface area (Å²) in [5.41, 5.74) is 1.28. The zero-order valence-corrected chi connectivity index (χ0v) is 9.93. The average Bonchev–Trinajstić information content (AvgIpc) is 2.74. The topological polar surface area (TPSA) is 30.0 Å². The van der Waals surface area contributed by atoms with Crippen LogP contribution in [0.25, 0.3) is 0 Å². The molecule has 0 spiro atoms. The summed E-state index contributed by atoms with van der Waals surface area (Å²) < 4.78 is 4.15. The van der Waals surface area contributed by atoms with Gasteiger partial charge in [-0.05, 0) is 35.4 Å². The first-order valence-corrected chi connectivity index (χ1v) is 6.56. The number of ketones is 1. The highest BCUT2D eigenvalue weighted by Gasteiger charge is 2.30. The summed E-state index contributed by atoms with van der Waals surface area (Å²) in [6.07, 6.45) is 7.01. The van der Waals surface area contributed by atoms with E-state index in [2.05, 4.69) is 16.7 Å². The number of carbonyl (C=O) groups excluding carboxylic acids is 1. The van der Waals surface area contributed by atoms with E-state index in [0.717, 1.165) is 19.3 Å². The van der Waals surface area contributed by atoms with Gasteiger partial charge in [-0.2, -0.15) is 0 Å². The van der Waals surface area contributed by atoms with Crippen LogP contribution >= 0.6 is 11.5 Å². The Hall–Kier alpha value is -0.700. The Bertz CT molecular complexity index is 320. The Morgan fingerprint density at radius 3 is 3.13 bits per heavy atom. The maximum absolute atomic E-state index is 11.5. The van der Waals surface area contributed by atoms with Crippen molar-refractivity contribution < 1.29 is 4.79 Å². The molecule has 82 valence electrons. The highest BCUT2D eigenvalue weighted by molar-refractivity contribution is 7.03. The second kappa shape index (κ2) is 4.88. The smallest absolute Gasteiger partial charge is 0.133 e. The van der Waals surface area contributed by atoms with Crippen molar-refractivity contribution >= 4 is 17.3 Å². The molecule has 2 rings (SSSR count). The summed E-state index contributed by atoms with van der Waals surface area (Å²) in [7, 11) is 0. The Morgan fingerprint density at radius 1 is 1.60 bits per heavy atom. The predicted octanol–water partition coefficient (Wildman–Crippen LogP) is 3.40. The minimum Gasteiger partial charge on any atom is -0.300 e. The van der Waals surface area contributed by atoms with Crippen molar-refractivity contribution in [2.24, 2.45) is 5.92 Å². The van der Waals surface area contributed by atoms with Crippen molar-refractivity contribution in [3.63, 3.8) is 0 Å². The van der Waals surface area contributed by atoms with Crippen LogP contribution in [0, 0.1) is 5.92 Å². The monoisotopic (exact) mass is 223 g/mol. The maximum atomic E-state index is 11.5. The van der Waals surface area contributed by atoms with E-state index in [1.807, 2.05) is 6.20 Å². The second-order valence-electron chi connectivity index (χ2n) is 4.39. The van der Waals surface area contributed by atoms with Crippen molar-refractivity contribution in [3.8, 4) is 0 Å². The molecule has 1 saturated carbocycles. The summed E-state index contributed by atoms with van der Waals surface area (Å²) in [5, 5.41) is 2.10. The van der Waals surface area contributed by atoms with Crippen LogP contribution in [0.15, 0.2) is 11.6 Å². The number of rotatable bonds is 3. The van der Waals surface area contributed by atoms with Gasteiger partial charge in [-0.1, -0.05) is 19.8 Å². The summed E-state index contributed by atoms with van der Waals surface area (Å²) in [6, 6.07) is 0. The van der Waals surface area contributed by atoms with Gasteiger partial charge in [0.2, 0.25) is 0 Å². The first kappa shape index (κ1) is 10.8. The fraction of sp³-hybridized carbons (Fsp3) is 0.667. The first-order valence-electron chi connectivity index (χ1n) is 5.72. The molecule has 1 heterocycles. The number of carbonyl (C=O) groups is 1. The van der Waals surface area contributed by atoms with Crippen molar-refractivity contribution in [3.05, 3.63) is 17.1 Å². The van der Waals surface area contributed by atoms with E-state index in [9.17, 15) is 4.79 Å². The molecule has 1 aromatic heterocycles. The van der Waals surface area contributed by atoms with Crippen LogP contribution in [0.1, 0.15) is 50.5 Å². The molecule has 2 nitrogen and oxygen atoms in total. The lowest BCUT2D eigenvalue weighted by Crippen LogP contribution is -2.23. The highest BCUT2D eigenvalue weighted by atomic mass is 32.1. The van der Waals surface area contributed by atoms with E-state index >= 15 is 0 Å². The summed E-state index contributed by atoms with van der Waals surface area (Å²) >= 11 is 1.49. The van der Waals surface area contributed by atoms with Crippen molar-refractivity contribution in [1.29, 1.82) is 0 Å². The maximum Gasteiger partial charge on any atom is 0.133 e. The van der Waals surface area contributed by atoms with Crippen LogP contribution in [-0.4, -0.2) is 10.2 Å². The lowest BCUT2D eigenvalue weighted by Gasteiger charge is -2.30. The molecule has 0 N–H and O–H groups in total. The van der Waals surface area contributed by atoms with E-state index < -0.39 is 0 Å². The molecule has 2 atom stereocenters. The van der Waals surface area contributed by atoms with E-state index in [4.69, 9.17) is 0 Å². The molecular formula is C12H17NOS. The molecule has 1 aliphatic rings.